The van der Waals surface area contributed by atoms with Crippen LogP contribution in [0.2, 0.25) is 5.02 Å². The fourth-order valence-electron chi connectivity index (χ4n) is 2.15. The minimum Gasteiger partial charge on any atom is -0.350 e. The summed E-state index contributed by atoms with van der Waals surface area (Å²) >= 11 is 5.62. The van der Waals surface area contributed by atoms with Crippen LogP contribution in [0.3, 0.4) is 0 Å². The molecule has 1 unspecified atom stereocenters. The molecule has 0 saturated carbocycles. The lowest BCUT2D eigenvalue weighted by Gasteiger charge is -2.14. The maximum Gasteiger partial charge on any atom is 0.418 e. The number of nitrogens with one attached hydrogen (secondary N) is 2. The van der Waals surface area contributed by atoms with E-state index in [9.17, 15) is 22.8 Å². The third kappa shape index (κ3) is 5.43. The SMILES string of the molecule is CCC(C)NC(=O)c1cncc(C(=O)Nc2ccc(Cl)cc2C(F)(F)F)c1. The Bertz CT molecular complexity index is 856. The van der Waals surface area contributed by atoms with Gasteiger partial charge >= 0.3 is 6.18 Å². The van der Waals surface area contributed by atoms with Crippen molar-refractivity contribution in [3.05, 3.63) is 58.4 Å². The fourth-order valence-corrected chi connectivity index (χ4v) is 2.32. The van der Waals surface area contributed by atoms with Crippen molar-refractivity contribution >= 4 is 29.1 Å². The topological polar surface area (TPSA) is 71.1 Å². The van der Waals surface area contributed by atoms with Crippen LogP contribution in [0.15, 0.2) is 36.7 Å². The molecule has 5 nitrogen and oxygen atoms in total. The van der Waals surface area contributed by atoms with E-state index in [0.717, 1.165) is 18.6 Å². The molecular weight excluding hydrogens is 383 g/mol. The maximum absolute atomic E-state index is 13.1. The molecule has 0 spiro atoms. The van der Waals surface area contributed by atoms with Crippen molar-refractivity contribution in [1.82, 2.24) is 10.3 Å². The number of halogens is 4. The zero-order chi connectivity index (χ0) is 20.2. The Hall–Kier alpha value is -2.61. The third-order valence-electron chi connectivity index (χ3n) is 3.79. The molecule has 0 saturated heterocycles. The zero-order valence-electron chi connectivity index (χ0n) is 14.5. The van der Waals surface area contributed by atoms with Gasteiger partial charge in [-0.05, 0) is 37.6 Å². The van der Waals surface area contributed by atoms with Crippen molar-refractivity contribution in [2.45, 2.75) is 32.5 Å². The molecule has 144 valence electrons. The zero-order valence-corrected chi connectivity index (χ0v) is 15.3. The molecule has 1 heterocycles. The van der Waals surface area contributed by atoms with Crippen LogP contribution in [0, 0.1) is 0 Å². The molecule has 2 amide bonds. The number of carbonyl (C=O) groups excluding carboxylic acids is 2. The predicted molar refractivity (Wildman–Crippen MR) is 95.9 cm³/mol. The number of anilines is 1. The standard InChI is InChI=1S/C18H17ClF3N3O2/c1-3-10(2)24-16(26)11-6-12(9-23-8-11)17(27)25-15-5-4-13(19)7-14(15)18(20,21)22/h4-10H,3H2,1-2H3,(H,24,26)(H,25,27). The summed E-state index contributed by atoms with van der Waals surface area (Å²) in [5, 5.41) is 4.81. The summed E-state index contributed by atoms with van der Waals surface area (Å²) in [7, 11) is 0. The van der Waals surface area contributed by atoms with Crippen LogP contribution in [-0.2, 0) is 6.18 Å². The van der Waals surface area contributed by atoms with E-state index in [0.29, 0.717) is 0 Å². The minimum atomic E-state index is -4.69. The molecular formula is C18H17ClF3N3O2. The van der Waals surface area contributed by atoms with Crippen molar-refractivity contribution in [1.29, 1.82) is 0 Å². The monoisotopic (exact) mass is 399 g/mol. The Kier molecular flexibility index (Phi) is 6.43. The second kappa shape index (κ2) is 8.39. The Morgan fingerprint density at radius 1 is 1.15 bits per heavy atom. The normalized spacial score (nSPS) is 12.4. The largest absolute Gasteiger partial charge is 0.418 e. The van der Waals surface area contributed by atoms with E-state index in [-0.39, 0.29) is 22.2 Å². The first-order chi connectivity index (χ1) is 12.6. The Balaban J connectivity index is 2.25. The first kappa shape index (κ1) is 20.7. The van der Waals surface area contributed by atoms with E-state index >= 15 is 0 Å². The maximum atomic E-state index is 13.1. The van der Waals surface area contributed by atoms with Crippen molar-refractivity contribution in [3.8, 4) is 0 Å². The van der Waals surface area contributed by atoms with Gasteiger partial charge in [-0.15, -0.1) is 0 Å². The van der Waals surface area contributed by atoms with E-state index in [4.69, 9.17) is 11.6 Å². The predicted octanol–water partition coefficient (Wildman–Crippen LogP) is 4.53. The summed E-state index contributed by atoms with van der Waals surface area (Å²) in [5.74, 6) is -1.25. The van der Waals surface area contributed by atoms with Crippen LogP contribution in [0.4, 0.5) is 18.9 Å². The summed E-state index contributed by atoms with van der Waals surface area (Å²) in [6.45, 7) is 3.72. The highest BCUT2D eigenvalue weighted by Crippen LogP contribution is 2.36. The second-order valence-corrected chi connectivity index (χ2v) is 6.32. The van der Waals surface area contributed by atoms with E-state index in [1.54, 1.807) is 0 Å². The summed E-state index contributed by atoms with van der Waals surface area (Å²) in [5.41, 5.74) is -1.42. The average Bonchev–Trinajstić information content (AvgIpc) is 2.62. The fraction of sp³-hybridized carbons (Fsp3) is 0.278. The Morgan fingerprint density at radius 3 is 2.37 bits per heavy atom. The minimum absolute atomic E-state index is 0.0464. The average molecular weight is 400 g/mol. The smallest absolute Gasteiger partial charge is 0.350 e. The first-order valence-electron chi connectivity index (χ1n) is 8.05. The Labute approximate surface area is 158 Å². The van der Waals surface area contributed by atoms with E-state index < -0.39 is 29.2 Å². The van der Waals surface area contributed by atoms with Gasteiger partial charge in [-0.1, -0.05) is 18.5 Å². The van der Waals surface area contributed by atoms with Gasteiger partial charge in [0, 0.05) is 23.5 Å². The van der Waals surface area contributed by atoms with E-state index in [1.165, 1.54) is 24.5 Å². The second-order valence-electron chi connectivity index (χ2n) is 5.89. The third-order valence-corrected chi connectivity index (χ3v) is 4.02. The van der Waals surface area contributed by atoms with E-state index in [1.807, 2.05) is 13.8 Å². The van der Waals surface area contributed by atoms with Crippen LogP contribution in [-0.4, -0.2) is 22.8 Å². The molecule has 1 atom stereocenters. The summed E-state index contributed by atoms with van der Waals surface area (Å²) in [4.78, 5) is 28.3. The number of hydrogen-bond acceptors (Lipinski definition) is 3. The number of hydrogen-bond donors (Lipinski definition) is 2. The van der Waals surface area contributed by atoms with Gasteiger partial charge in [0.1, 0.15) is 0 Å². The lowest BCUT2D eigenvalue weighted by Crippen LogP contribution is -2.32. The van der Waals surface area contributed by atoms with Gasteiger partial charge in [0.2, 0.25) is 0 Å². The molecule has 2 aromatic rings. The molecule has 2 N–H and O–H groups in total. The number of amides is 2. The highest BCUT2D eigenvalue weighted by molar-refractivity contribution is 6.30. The number of carbonyl (C=O) groups is 2. The number of alkyl halides is 3. The molecule has 1 aromatic heterocycles. The molecule has 0 radical (unpaired) electrons. The summed E-state index contributed by atoms with van der Waals surface area (Å²) < 4.78 is 39.4. The lowest BCUT2D eigenvalue weighted by atomic mass is 10.1. The van der Waals surface area contributed by atoms with Gasteiger partial charge in [0.25, 0.3) is 11.8 Å². The molecule has 0 aliphatic heterocycles. The number of benzene rings is 1. The summed E-state index contributed by atoms with van der Waals surface area (Å²) in [6, 6.07) is 4.23. The highest BCUT2D eigenvalue weighted by atomic mass is 35.5. The van der Waals surface area contributed by atoms with Gasteiger partial charge in [0.15, 0.2) is 0 Å². The Morgan fingerprint density at radius 2 is 1.78 bits per heavy atom. The number of aromatic nitrogens is 1. The van der Waals surface area contributed by atoms with Gasteiger partial charge in [-0.3, -0.25) is 14.6 Å². The van der Waals surface area contributed by atoms with Crippen LogP contribution < -0.4 is 10.6 Å². The quantitative estimate of drug-likeness (QED) is 0.775. The number of nitrogens with zero attached hydrogens (tertiary/aromatic N) is 1. The molecule has 0 aliphatic rings. The van der Waals surface area contributed by atoms with Crippen LogP contribution in [0.5, 0.6) is 0 Å². The summed E-state index contributed by atoms with van der Waals surface area (Å²) in [6.07, 6.45) is -1.53. The molecule has 27 heavy (non-hydrogen) atoms. The van der Waals surface area contributed by atoms with Gasteiger partial charge in [0.05, 0.1) is 22.4 Å². The molecule has 0 fully saturated rings. The van der Waals surface area contributed by atoms with Crippen molar-refractivity contribution in [2.24, 2.45) is 0 Å². The van der Waals surface area contributed by atoms with Crippen molar-refractivity contribution in [2.75, 3.05) is 5.32 Å². The van der Waals surface area contributed by atoms with Crippen molar-refractivity contribution in [3.63, 3.8) is 0 Å². The molecule has 9 heteroatoms. The van der Waals surface area contributed by atoms with Crippen LogP contribution >= 0.6 is 11.6 Å². The lowest BCUT2D eigenvalue weighted by molar-refractivity contribution is -0.136. The number of rotatable bonds is 5. The van der Waals surface area contributed by atoms with Gasteiger partial charge in [-0.25, -0.2) is 0 Å². The molecule has 1 aromatic carbocycles. The van der Waals surface area contributed by atoms with Gasteiger partial charge < -0.3 is 10.6 Å². The molecule has 0 aliphatic carbocycles. The molecule has 0 bridgehead atoms. The molecule has 2 rings (SSSR count). The van der Waals surface area contributed by atoms with Crippen molar-refractivity contribution < 1.29 is 22.8 Å². The van der Waals surface area contributed by atoms with Crippen LogP contribution in [0.1, 0.15) is 46.5 Å². The van der Waals surface area contributed by atoms with Crippen LogP contribution in [0.25, 0.3) is 0 Å². The first-order valence-corrected chi connectivity index (χ1v) is 8.43. The highest BCUT2D eigenvalue weighted by Gasteiger charge is 2.34. The van der Waals surface area contributed by atoms with E-state index in [2.05, 4.69) is 15.6 Å². The number of pyridine rings is 1. The van der Waals surface area contributed by atoms with Gasteiger partial charge in [-0.2, -0.15) is 13.2 Å².